The maximum atomic E-state index is 13.4. The molecule has 46 heavy (non-hydrogen) atoms. The Morgan fingerprint density at radius 3 is 2.46 bits per heavy atom. The number of benzene rings is 3. The van der Waals surface area contributed by atoms with Crippen molar-refractivity contribution in [1.29, 1.82) is 0 Å². The van der Waals surface area contributed by atoms with Crippen molar-refractivity contribution >= 4 is 45.8 Å². The van der Waals surface area contributed by atoms with Crippen molar-refractivity contribution < 1.29 is 9.53 Å². The van der Waals surface area contributed by atoms with Gasteiger partial charge in [-0.1, -0.05) is 62.7 Å². The third kappa shape index (κ3) is 6.88. The largest absolute Gasteiger partial charge is 0.488 e. The van der Waals surface area contributed by atoms with Crippen LogP contribution < -0.4 is 26.4 Å². The first kappa shape index (κ1) is 30.1. The van der Waals surface area contributed by atoms with Gasteiger partial charge in [-0.05, 0) is 48.9 Å². The number of carbonyl (C=O) groups is 1. The number of carbonyl (C=O) groups excluding carboxylic acids is 1. The molecule has 11 heteroatoms. The average Bonchev–Trinajstić information content (AvgIpc) is 3.45. The van der Waals surface area contributed by atoms with Crippen molar-refractivity contribution in [2.45, 2.75) is 39.7 Å². The molecule has 3 aromatic carbocycles. The van der Waals surface area contributed by atoms with E-state index in [0.29, 0.717) is 41.3 Å². The number of ether oxygens (including phenoxy) is 1. The van der Waals surface area contributed by atoms with E-state index in [-0.39, 0.29) is 11.4 Å². The van der Waals surface area contributed by atoms with Gasteiger partial charge in [0, 0.05) is 28.5 Å². The van der Waals surface area contributed by atoms with Gasteiger partial charge in [0.05, 0.1) is 29.5 Å². The van der Waals surface area contributed by atoms with E-state index in [1.165, 1.54) is 6.20 Å². The summed E-state index contributed by atoms with van der Waals surface area (Å²) in [6.07, 6.45) is 4.75. The Labute approximate surface area is 266 Å². The summed E-state index contributed by atoms with van der Waals surface area (Å²) in [5, 5.41) is 15.7. The van der Waals surface area contributed by atoms with Gasteiger partial charge in [-0.25, -0.2) is 19.4 Å². The van der Waals surface area contributed by atoms with Gasteiger partial charge < -0.3 is 21.1 Å². The molecule has 0 spiro atoms. The summed E-state index contributed by atoms with van der Waals surface area (Å²) in [5.41, 5.74) is 9.96. The second kappa shape index (κ2) is 12.6. The van der Waals surface area contributed by atoms with Crippen molar-refractivity contribution in [3.05, 3.63) is 114 Å². The standard InChI is InChI=1S/C35H35N9O2/c1-22-9-11-24(12-10-22)44-33(18-29(43-44)35(2,3)4)42-34(45)39-27-13-14-28(26-8-6-5-7-25(26)27)46-21-23-15-16-38-31(17-23)41-32-20-37-19-30(36)40-32/h5-20H,21H2,1-4H3,(H2,39,42,45)(H3,36,38,40,41). The monoisotopic (exact) mass is 613 g/mol. The lowest BCUT2D eigenvalue weighted by Gasteiger charge is -2.15. The first-order chi connectivity index (χ1) is 22.1. The minimum Gasteiger partial charge on any atom is -0.488 e. The Balaban J connectivity index is 1.19. The van der Waals surface area contributed by atoms with Crippen LogP contribution in [0.2, 0.25) is 0 Å². The van der Waals surface area contributed by atoms with E-state index >= 15 is 0 Å². The van der Waals surface area contributed by atoms with E-state index in [4.69, 9.17) is 15.6 Å². The van der Waals surface area contributed by atoms with Crippen LogP contribution in [-0.4, -0.2) is 30.8 Å². The molecule has 3 heterocycles. The van der Waals surface area contributed by atoms with E-state index in [2.05, 4.69) is 51.7 Å². The van der Waals surface area contributed by atoms with E-state index in [9.17, 15) is 4.79 Å². The van der Waals surface area contributed by atoms with Gasteiger partial charge in [0.15, 0.2) is 5.82 Å². The molecule has 0 unspecified atom stereocenters. The van der Waals surface area contributed by atoms with Gasteiger partial charge in [0.2, 0.25) is 0 Å². The van der Waals surface area contributed by atoms with Crippen LogP contribution in [0.1, 0.15) is 37.6 Å². The molecule has 0 saturated heterocycles. The molecule has 0 aliphatic heterocycles. The van der Waals surface area contributed by atoms with Crippen LogP contribution in [0, 0.1) is 6.92 Å². The first-order valence-electron chi connectivity index (χ1n) is 14.8. The molecule has 5 N–H and O–H groups in total. The van der Waals surface area contributed by atoms with Crippen LogP contribution in [0.4, 0.5) is 33.8 Å². The number of fused-ring (bicyclic) bond motifs is 1. The summed E-state index contributed by atoms with van der Waals surface area (Å²) in [7, 11) is 0. The fraction of sp³-hybridized carbons (Fsp3) is 0.171. The number of aromatic nitrogens is 5. The Morgan fingerprint density at radius 1 is 0.913 bits per heavy atom. The van der Waals surface area contributed by atoms with Crippen LogP contribution >= 0.6 is 0 Å². The predicted octanol–water partition coefficient (Wildman–Crippen LogP) is 7.37. The highest BCUT2D eigenvalue weighted by Crippen LogP contribution is 2.33. The topological polar surface area (TPSA) is 145 Å². The van der Waals surface area contributed by atoms with Gasteiger partial charge in [-0.2, -0.15) is 5.10 Å². The molecule has 0 fully saturated rings. The minimum atomic E-state index is -0.380. The zero-order valence-corrected chi connectivity index (χ0v) is 26.1. The van der Waals surface area contributed by atoms with Crippen LogP contribution in [0.15, 0.2) is 97.5 Å². The average molecular weight is 614 g/mol. The Hall–Kier alpha value is -5.97. The van der Waals surface area contributed by atoms with Crippen molar-refractivity contribution in [2.24, 2.45) is 0 Å². The zero-order chi connectivity index (χ0) is 32.3. The lowest BCUT2D eigenvalue weighted by Crippen LogP contribution is -2.21. The summed E-state index contributed by atoms with van der Waals surface area (Å²) in [6, 6.07) is 24.8. The number of aryl methyl sites for hydroxylation is 1. The Bertz CT molecular complexity index is 2010. The molecule has 11 nitrogen and oxygen atoms in total. The number of nitrogens with two attached hydrogens (primary N) is 1. The third-order valence-corrected chi connectivity index (χ3v) is 7.26. The quantitative estimate of drug-likeness (QED) is 0.139. The smallest absolute Gasteiger partial charge is 0.324 e. The van der Waals surface area contributed by atoms with Gasteiger partial charge in [-0.3, -0.25) is 10.3 Å². The highest BCUT2D eigenvalue weighted by Gasteiger charge is 2.22. The SMILES string of the molecule is Cc1ccc(-n2nc(C(C)(C)C)cc2NC(=O)Nc2ccc(OCc3ccnc(Nc4cncc(N)n4)c3)c3ccccc23)cc1. The summed E-state index contributed by atoms with van der Waals surface area (Å²) < 4.78 is 8.01. The summed E-state index contributed by atoms with van der Waals surface area (Å²) in [6.45, 7) is 8.62. The van der Waals surface area contributed by atoms with Crippen molar-refractivity contribution in [3.8, 4) is 11.4 Å². The molecule has 0 aliphatic carbocycles. The fourth-order valence-corrected chi connectivity index (χ4v) is 4.86. The van der Waals surface area contributed by atoms with E-state index in [1.807, 2.05) is 85.8 Å². The molecule has 2 amide bonds. The number of nitrogen functional groups attached to an aromatic ring is 1. The molecule has 0 atom stereocenters. The van der Waals surface area contributed by atoms with Crippen LogP contribution in [0.25, 0.3) is 16.5 Å². The van der Waals surface area contributed by atoms with Gasteiger partial charge >= 0.3 is 6.03 Å². The van der Waals surface area contributed by atoms with Gasteiger partial charge in [0.1, 0.15) is 29.8 Å². The Morgan fingerprint density at radius 2 is 1.70 bits per heavy atom. The number of amides is 2. The highest BCUT2D eigenvalue weighted by molar-refractivity contribution is 6.07. The van der Waals surface area contributed by atoms with Gasteiger partial charge in [0.25, 0.3) is 0 Å². The number of nitrogens with zero attached hydrogens (tertiary/aromatic N) is 5. The van der Waals surface area contributed by atoms with E-state index in [1.54, 1.807) is 17.1 Å². The number of anilines is 5. The number of pyridine rings is 1. The summed E-state index contributed by atoms with van der Waals surface area (Å²) in [4.78, 5) is 26.0. The molecule has 6 aromatic rings. The van der Waals surface area contributed by atoms with Crippen molar-refractivity contribution in [3.63, 3.8) is 0 Å². The Kier molecular flexibility index (Phi) is 8.21. The minimum absolute atomic E-state index is 0.200. The van der Waals surface area contributed by atoms with E-state index in [0.717, 1.165) is 33.3 Å². The molecule has 6 rings (SSSR count). The number of urea groups is 1. The van der Waals surface area contributed by atoms with Crippen molar-refractivity contribution in [2.75, 3.05) is 21.7 Å². The predicted molar refractivity (Wildman–Crippen MR) is 182 cm³/mol. The molecule has 0 aliphatic rings. The summed E-state index contributed by atoms with van der Waals surface area (Å²) >= 11 is 0. The highest BCUT2D eigenvalue weighted by atomic mass is 16.5. The van der Waals surface area contributed by atoms with Crippen molar-refractivity contribution in [1.82, 2.24) is 24.7 Å². The van der Waals surface area contributed by atoms with Crippen LogP contribution in [0.3, 0.4) is 0 Å². The number of nitrogens with one attached hydrogen (secondary N) is 3. The molecule has 0 saturated carbocycles. The number of hydrogen-bond donors (Lipinski definition) is 4. The second-order valence-corrected chi connectivity index (χ2v) is 11.9. The zero-order valence-electron chi connectivity index (χ0n) is 26.1. The molecule has 0 radical (unpaired) electrons. The maximum Gasteiger partial charge on any atom is 0.324 e. The molecule has 0 bridgehead atoms. The second-order valence-electron chi connectivity index (χ2n) is 11.9. The van der Waals surface area contributed by atoms with Crippen LogP contribution in [0.5, 0.6) is 5.75 Å². The molecule has 3 aromatic heterocycles. The normalized spacial score (nSPS) is 11.3. The third-order valence-electron chi connectivity index (χ3n) is 7.26. The fourth-order valence-electron chi connectivity index (χ4n) is 4.86. The number of hydrogen-bond acceptors (Lipinski definition) is 8. The van der Waals surface area contributed by atoms with Gasteiger partial charge in [-0.15, -0.1) is 0 Å². The number of rotatable bonds is 8. The lowest BCUT2D eigenvalue weighted by atomic mass is 9.92. The summed E-state index contributed by atoms with van der Waals surface area (Å²) in [5.74, 6) is 2.66. The molecular formula is C35H35N9O2. The molecule has 232 valence electrons. The lowest BCUT2D eigenvalue weighted by molar-refractivity contribution is 0.262. The van der Waals surface area contributed by atoms with Crippen LogP contribution in [-0.2, 0) is 12.0 Å². The first-order valence-corrected chi connectivity index (χ1v) is 14.8. The van der Waals surface area contributed by atoms with E-state index < -0.39 is 0 Å². The molecular weight excluding hydrogens is 578 g/mol. The maximum absolute atomic E-state index is 13.4.